The molecule has 7 nitrogen and oxygen atoms in total. The number of thiazole rings is 1. The van der Waals surface area contributed by atoms with E-state index in [0.717, 1.165) is 10.2 Å². The van der Waals surface area contributed by atoms with E-state index in [1.165, 1.54) is 23.5 Å². The van der Waals surface area contributed by atoms with Crippen LogP contribution in [0.3, 0.4) is 0 Å². The summed E-state index contributed by atoms with van der Waals surface area (Å²) in [5.41, 5.74) is 1.24. The predicted octanol–water partition coefficient (Wildman–Crippen LogP) is 2.71. The Labute approximate surface area is 172 Å². The van der Waals surface area contributed by atoms with Crippen molar-refractivity contribution in [1.29, 1.82) is 0 Å². The maximum Gasteiger partial charge on any atom is 0.338 e. The van der Waals surface area contributed by atoms with Crippen LogP contribution >= 0.6 is 11.3 Å². The van der Waals surface area contributed by atoms with Gasteiger partial charge in [0.15, 0.2) is 14.6 Å². The lowest BCUT2D eigenvalue weighted by Gasteiger charge is -2.02. The fraction of sp³-hybridized carbons (Fsp3) is 0.250. The Morgan fingerprint density at radius 3 is 2.55 bits per heavy atom. The molecule has 0 aliphatic heterocycles. The summed E-state index contributed by atoms with van der Waals surface area (Å²) in [6.45, 7) is 2.03. The van der Waals surface area contributed by atoms with Gasteiger partial charge in [0, 0.05) is 13.5 Å². The number of carbonyl (C=O) groups is 2. The van der Waals surface area contributed by atoms with Crippen molar-refractivity contribution in [2.24, 2.45) is 12.0 Å². The molecule has 0 saturated heterocycles. The molecular formula is C20H20N2O5S2. The smallest absolute Gasteiger partial charge is 0.338 e. The second-order valence-corrected chi connectivity index (χ2v) is 9.35. The van der Waals surface area contributed by atoms with E-state index in [9.17, 15) is 18.0 Å². The number of sulfone groups is 1. The van der Waals surface area contributed by atoms with E-state index in [2.05, 4.69) is 4.99 Å². The zero-order valence-electron chi connectivity index (χ0n) is 16.0. The minimum atomic E-state index is -3.54. The lowest BCUT2D eigenvalue weighted by atomic mass is 10.2. The molecule has 9 heteroatoms. The molecule has 0 radical (unpaired) electrons. The van der Waals surface area contributed by atoms with Crippen LogP contribution < -0.4 is 4.80 Å². The highest BCUT2D eigenvalue weighted by atomic mass is 32.2. The van der Waals surface area contributed by atoms with Gasteiger partial charge in [-0.15, -0.1) is 0 Å². The summed E-state index contributed by atoms with van der Waals surface area (Å²) < 4.78 is 32.1. The monoisotopic (exact) mass is 432 g/mol. The second-order valence-electron chi connectivity index (χ2n) is 6.23. The van der Waals surface area contributed by atoms with Crippen molar-refractivity contribution < 1.29 is 22.7 Å². The van der Waals surface area contributed by atoms with Gasteiger partial charge in [0.25, 0.3) is 0 Å². The van der Waals surface area contributed by atoms with Crippen LogP contribution in [0.2, 0.25) is 0 Å². The number of rotatable bonds is 6. The van der Waals surface area contributed by atoms with Crippen molar-refractivity contribution >= 4 is 43.3 Å². The van der Waals surface area contributed by atoms with Gasteiger partial charge >= 0.3 is 5.97 Å². The Morgan fingerprint density at radius 2 is 1.86 bits per heavy atom. The van der Waals surface area contributed by atoms with Crippen LogP contribution in [0.5, 0.6) is 0 Å². The molecule has 0 spiro atoms. The molecule has 1 heterocycles. The number of aromatic nitrogens is 1. The van der Waals surface area contributed by atoms with Crippen molar-refractivity contribution in [2.75, 3.05) is 12.4 Å². The maximum absolute atomic E-state index is 12.3. The topological polar surface area (TPSA) is 94.8 Å². The van der Waals surface area contributed by atoms with Gasteiger partial charge in [-0.05, 0) is 37.3 Å². The quantitative estimate of drug-likeness (QED) is 0.558. The van der Waals surface area contributed by atoms with Crippen LogP contribution in [0.25, 0.3) is 10.2 Å². The first-order chi connectivity index (χ1) is 13.8. The summed E-state index contributed by atoms with van der Waals surface area (Å²) in [5.74, 6) is -1.23. The van der Waals surface area contributed by atoms with E-state index in [0.29, 0.717) is 10.4 Å². The maximum atomic E-state index is 12.3. The van der Waals surface area contributed by atoms with Gasteiger partial charge in [0.1, 0.15) is 0 Å². The van der Waals surface area contributed by atoms with Crippen LogP contribution in [-0.2, 0) is 26.4 Å². The fourth-order valence-corrected chi connectivity index (χ4v) is 5.04. The molecule has 3 aromatic rings. The van der Waals surface area contributed by atoms with Crippen molar-refractivity contribution in [3.05, 3.63) is 58.9 Å². The number of esters is 1. The molecule has 3 rings (SSSR count). The van der Waals surface area contributed by atoms with Crippen molar-refractivity contribution in [1.82, 2.24) is 4.57 Å². The van der Waals surface area contributed by atoms with Gasteiger partial charge in [0.2, 0.25) is 5.91 Å². The predicted molar refractivity (Wildman–Crippen MR) is 110 cm³/mol. The second kappa shape index (κ2) is 8.71. The van der Waals surface area contributed by atoms with Gasteiger partial charge in [0.05, 0.1) is 33.0 Å². The minimum absolute atomic E-state index is 0.187. The standard InChI is InChI=1S/C20H20N2O5S2/c1-3-27-19(24)14-9-10-16-17(13-14)28-20(22(16)2)21-18(23)11-12-29(25,26)15-7-5-4-6-8-15/h4-10,13H,3,11-12H2,1-2H3. The summed E-state index contributed by atoms with van der Waals surface area (Å²) in [6.07, 6.45) is -0.209. The number of carbonyl (C=O) groups excluding carboxylic acids is 2. The normalized spacial score (nSPS) is 12.3. The minimum Gasteiger partial charge on any atom is -0.462 e. The number of hydrogen-bond acceptors (Lipinski definition) is 6. The first kappa shape index (κ1) is 20.9. The molecule has 0 saturated carbocycles. The Bertz CT molecular complexity index is 1220. The zero-order valence-corrected chi connectivity index (χ0v) is 17.6. The van der Waals surface area contributed by atoms with Gasteiger partial charge in [-0.2, -0.15) is 4.99 Å². The molecule has 2 aromatic carbocycles. The van der Waals surface area contributed by atoms with Crippen molar-refractivity contribution in [2.45, 2.75) is 18.2 Å². The van der Waals surface area contributed by atoms with Crippen LogP contribution in [-0.4, -0.2) is 37.2 Å². The van der Waals surface area contributed by atoms with E-state index in [1.54, 1.807) is 54.9 Å². The molecule has 0 aliphatic rings. The lowest BCUT2D eigenvalue weighted by molar-refractivity contribution is -0.117. The molecule has 0 aliphatic carbocycles. The highest BCUT2D eigenvalue weighted by molar-refractivity contribution is 7.91. The van der Waals surface area contributed by atoms with E-state index in [-0.39, 0.29) is 23.7 Å². The summed E-state index contributed by atoms with van der Waals surface area (Å²) >= 11 is 1.25. The molecule has 0 N–H and O–H groups in total. The average molecular weight is 433 g/mol. The first-order valence-corrected chi connectivity index (χ1v) is 11.4. The molecule has 0 atom stereocenters. The molecule has 152 valence electrons. The number of amides is 1. The van der Waals surface area contributed by atoms with E-state index < -0.39 is 21.7 Å². The average Bonchev–Trinajstić information content (AvgIpc) is 3.02. The van der Waals surface area contributed by atoms with E-state index >= 15 is 0 Å². The highest BCUT2D eigenvalue weighted by Crippen LogP contribution is 2.19. The molecule has 0 bridgehead atoms. The Hall–Kier alpha value is -2.78. The van der Waals surface area contributed by atoms with Crippen LogP contribution in [0.1, 0.15) is 23.7 Å². The number of fused-ring (bicyclic) bond motifs is 1. The molecular weight excluding hydrogens is 412 g/mol. The first-order valence-electron chi connectivity index (χ1n) is 8.94. The van der Waals surface area contributed by atoms with Crippen LogP contribution in [0.4, 0.5) is 0 Å². The largest absolute Gasteiger partial charge is 0.462 e. The number of ether oxygens (including phenoxy) is 1. The lowest BCUT2D eigenvalue weighted by Crippen LogP contribution is -2.15. The summed E-state index contributed by atoms with van der Waals surface area (Å²) in [4.78, 5) is 28.8. The molecule has 0 unspecified atom stereocenters. The summed E-state index contributed by atoms with van der Waals surface area (Å²) in [6, 6.07) is 13.1. The number of hydrogen-bond donors (Lipinski definition) is 0. The Morgan fingerprint density at radius 1 is 1.14 bits per heavy atom. The van der Waals surface area contributed by atoms with Gasteiger partial charge < -0.3 is 9.30 Å². The number of benzene rings is 2. The fourth-order valence-electron chi connectivity index (χ4n) is 2.71. The number of aryl methyl sites for hydroxylation is 1. The summed E-state index contributed by atoms with van der Waals surface area (Å²) in [7, 11) is -1.78. The van der Waals surface area contributed by atoms with Gasteiger partial charge in [-0.25, -0.2) is 13.2 Å². The Kier molecular flexibility index (Phi) is 6.29. The molecule has 29 heavy (non-hydrogen) atoms. The third kappa shape index (κ3) is 4.80. The van der Waals surface area contributed by atoms with Crippen LogP contribution in [0, 0.1) is 0 Å². The van der Waals surface area contributed by atoms with Crippen molar-refractivity contribution in [3.8, 4) is 0 Å². The summed E-state index contributed by atoms with van der Waals surface area (Å²) in [5, 5.41) is 0. The Balaban J connectivity index is 1.81. The van der Waals surface area contributed by atoms with Gasteiger partial charge in [-0.3, -0.25) is 4.79 Å². The van der Waals surface area contributed by atoms with Crippen molar-refractivity contribution in [3.63, 3.8) is 0 Å². The van der Waals surface area contributed by atoms with E-state index in [1.807, 2.05) is 0 Å². The molecule has 1 aromatic heterocycles. The third-order valence-corrected chi connectivity index (χ3v) is 7.05. The SMILES string of the molecule is CCOC(=O)c1ccc2c(c1)sc(=NC(=O)CCS(=O)(=O)c1ccccc1)n2C. The molecule has 0 fully saturated rings. The van der Waals surface area contributed by atoms with E-state index in [4.69, 9.17) is 4.74 Å². The zero-order chi connectivity index (χ0) is 21.0. The number of nitrogens with zero attached hydrogens (tertiary/aromatic N) is 2. The van der Waals surface area contributed by atoms with Crippen LogP contribution in [0.15, 0.2) is 58.4 Å². The highest BCUT2D eigenvalue weighted by Gasteiger charge is 2.16. The third-order valence-electron chi connectivity index (χ3n) is 4.23. The molecule has 1 amide bonds. The van der Waals surface area contributed by atoms with Gasteiger partial charge in [-0.1, -0.05) is 29.5 Å².